The van der Waals surface area contributed by atoms with Gasteiger partial charge in [0.25, 0.3) is 0 Å². The van der Waals surface area contributed by atoms with Crippen LogP contribution in [0.4, 0.5) is 5.69 Å². The first-order valence-corrected chi connectivity index (χ1v) is 7.41. The highest BCUT2D eigenvalue weighted by atomic mass is 14.6. The Kier molecular flexibility index (Phi) is 5.16. The number of aryl methyl sites for hydroxylation is 1. The molecule has 0 saturated heterocycles. The van der Waals surface area contributed by atoms with Gasteiger partial charge in [0, 0.05) is 11.9 Å². The topological polar surface area (TPSA) is 38.4 Å². The molecule has 2 nitrogen and oxygen atoms in total. The highest BCUT2D eigenvalue weighted by molar-refractivity contribution is 5.77. The Hall–Kier alpha value is -1.83. The zero-order valence-corrected chi connectivity index (χ0v) is 12.3. The molecule has 106 valence electrons. The van der Waals surface area contributed by atoms with E-state index in [1.807, 2.05) is 18.3 Å². The third kappa shape index (κ3) is 3.83. The van der Waals surface area contributed by atoms with Crippen LogP contribution in [0.25, 0.3) is 5.57 Å². The van der Waals surface area contributed by atoms with Gasteiger partial charge in [0.15, 0.2) is 0 Å². The van der Waals surface area contributed by atoms with Crippen LogP contribution in [0.15, 0.2) is 41.5 Å². The van der Waals surface area contributed by atoms with Gasteiger partial charge in [0.1, 0.15) is 0 Å². The molecule has 0 aliphatic heterocycles. The molecule has 0 amide bonds. The van der Waals surface area contributed by atoms with Gasteiger partial charge in [-0.25, -0.2) is 0 Å². The lowest BCUT2D eigenvalue weighted by molar-refractivity contribution is 0.419. The molecule has 1 aromatic carbocycles. The molecule has 1 aromatic rings. The van der Waals surface area contributed by atoms with E-state index < -0.39 is 0 Å². The maximum absolute atomic E-state index is 5.90. The van der Waals surface area contributed by atoms with Crippen molar-refractivity contribution in [3.63, 3.8) is 0 Å². The summed E-state index contributed by atoms with van der Waals surface area (Å²) < 4.78 is 0. The first kappa shape index (κ1) is 14.6. The fourth-order valence-corrected chi connectivity index (χ4v) is 2.82. The molecule has 0 spiro atoms. The zero-order valence-electron chi connectivity index (χ0n) is 12.3. The summed E-state index contributed by atoms with van der Waals surface area (Å²) in [6, 6.07) is 6.00. The van der Waals surface area contributed by atoms with E-state index in [1.165, 1.54) is 37.7 Å². The minimum Gasteiger partial charge on any atom is -0.399 e. The van der Waals surface area contributed by atoms with E-state index in [2.05, 4.69) is 36.9 Å². The van der Waals surface area contributed by atoms with E-state index in [1.54, 1.807) is 0 Å². The van der Waals surface area contributed by atoms with Crippen molar-refractivity contribution >= 4 is 18.0 Å². The second-order valence-electron chi connectivity index (χ2n) is 5.60. The van der Waals surface area contributed by atoms with Crippen LogP contribution in [0.2, 0.25) is 0 Å². The molecule has 1 aliphatic carbocycles. The van der Waals surface area contributed by atoms with Crippen LogP contribution in [0.1, 0.15) is 43.2 Å². The van der Waals surface area contributed by atoms with Gasteiger partial charge in [-0.3, -0.25) is 4.99 Å². The molecule has 0 radical (unpaired) electrons. The van der Waals surface area contributed by atoms with Crippen molar-refractivity contribution < 1.29 is 0 Å². The molecule has 2 rings (SSSR count). The van der Waals surface area contributed by atoms with Crippen molar-refractivity contribution in [1.82, 2.24) is 0 Å². The van der Waals surface area contributed by atoms with E-state index in [9.17, 15) is 0 Å². The number of hydrogen-bond donors (Lipinski definition) is 1. The van der Waals surface area contributed by atoms with Crippen LogP contribution in [0.3, 0.4) is 0 Å². The Bertz CT molecular complexity index is 520. The first-order valence-electron chi connectivity index (χ1n) is 7.41. The lowest BCUT2D eigenvalue weighted by Gasteiger charge is -2.18. The molecular formula is C18H24N2. The maximum Gasteiger partial charge on any atom is 0.0339 e. The second kappa shape index (κ2) is 7.09. The second-order valence-corrected chi connectivity index (χ2v) is 5.60. The van der Waals surface area contributed by atoms with Gasteiger partial charge in [0.05, 0.1) is 0 Å². The predicted octanol–water partition coefficient (Wildman–Crippen LogP) is 4.76. The normalized spacial score (nSPS) is 17.6. The number of aliphatic imine (C=N–C) groups is 1. The molecule has 0 atom stereocenters. The van der Waals surface area contributed by atoms with Gasteiger partial charge in [0.2, 0.25) is 0 Å². The summed E-state index contributed by atoms with van der Waals surface area (Å²) in [4.78, 5) is 3.94. The number of benzene rings is 1. The van der Waals surface area contributed by atoms with Crippen LogP contribution < -0.4 is 5.73 Å². The molecule has 1 aliphatic rings. The Labute approximate surface area is 122 Å². The quantitative estimate of drug-likeness (QED) is 0.477. The monoisotopic (exact) mass is 268 g/mol. The maximum atomic E-state index is 5.90. The lowest BCUT2D eigenvalue weighted by atomic mass is 9.88. The zero-order chi connectivity index (χ0) is 14.4. The first-order chi connectivity index (χ1) is 9.70. The van der Waals surface area contributed by atoms with Gasteiger partial charge >= 0.3 is 0 Å². The van der Waals surface area contributed by atoms with Gasteiger partial charge in [-0.15, -0.1) is 0 Å². The van der Waals surface area contributed by atoms with E-state index >= 15 is 0 Å². The smallest absolute Gasteiger partial charge is 0.0339 e. The summed E-state index contributed by atoms with van der Waals surface area (Å²) in [7, 11) is 0. The predicted molar refractivity (Wildman–Crippen MR) is 88.8 cm³/mol. The molecule has 1 saturated carbocycles. The third-order valence-electron chi connectivity index (χ3n) is 4.00. The number of rotatable bonds is 4. The van der Waals surface area contributed by atoms with Crippen molar-refractivity contribution in [3.8, 4) is 0 Å². The summed E-state index contributed by atoms with van der Waals surface area (Å²) >= 11 is 0. The van der Waals surface area contributed by atoms with Crippen molar-refractivity contribution in [2.75, 3.05) is 5.73 Å². The van der Waals surface area contributed by atoms with Crippen LogP contribution in [0.5, 0.6) is 0 Å². The summed E-state index contributed by atoms with van der Waals surface area (Å²) in [5.74, 6) is 0.707. The third-order valence-corrected chi connectivity index (χ3v) is 4.00. The Morgan fingerprint density at radius 3 is 2.75 bits per heavy atom. The highest BCUT2D eigenvalue weighted by Crippen LogP contribution is 2.27. The molecule has 0 bridgehead atoms. The summed E-state index contributed by atoms with van der Waals surface area (Å²) in [5.41, 5.74) is 10.1. The number of allylic oxidation sites excluding steroid dienone is 3. The molecule has 0 aromatic heterocycles. The average Bonchev–Trinajstić information content (AvgIpc) is 2.47. The average molecular weight is 268 g/mol. The van der Waals surface area contributed by atoms with E-state index in [4.69, 9.17) is 5.73 Å². The molecule has 0 heterocycles. The fourth-order valence-electron chi connectivity index (χ4n) is 2.82. The lowest BCUT2D eigenvalue weighted by Crippen LogP contribution is -2.02. The fraction of sp³-hybridized carbons (Fsp3) is 0.389. The number of anilines is 1. The summed E-state index contributed by atoms with van der Waals surface area (Å²) in [6.45, 7) is 5.68. The van der Waals surface area contributed by atoms with E-state index in [0.29, 0.717) is 5.92 Å². The van der Waals surface area contributed by atoms with Gasteiger partial charge < -0.3 is 5.73 Å². The van der Waals surface area contributed by atoms with Gasteiger partial charge in [-0.1, -0.05) is 37.5 Å². The van der Waals surface area contributed by atoms with Crippen molar-refractivity contribution in [2.45, 2.75) is 39.0 Å². The van der Waals surface area contributed by atoms with Crippen LogP contribution >= 0.6 is 0 Å². The molecular weight excluding hydrogens is 244 g/mol. The standard InChI is InChI=1S/C18H24N2/c1-14-8-11-17(19)12-18(14)16(13-20-2)10-9-15-6-4-3-5-7-15/h8-13,15H,2-7,19H2,1H3/b10-9-,16-13+. The molecule has 20 heavy (non-hydrogen) atoms. The number of nitrogen functional groups attached to an aromatic ring is 1. The minimum atomic E-state index is 0.707. The van der Waals surface area contributed by atoms with Crippen LogP contribution in [0, 0.1) is 12.8 Å². The molecule has 2 heteroatoms. The molecule has 1 fully saturated rings. The Balaban J connectivity index is 2.22. The SMILES string of the molecule is C=N/C=C(\C=C/C1CCCCC1)c1cc(N)ccc1C. The summed E-state index contributed by atoms with van der Waals surface area (Å²) in [5, 5.41) is 0. The summed E-state index contributed by atoms with van der Waals surface area (Å²) in [6.07, 6.45) is 13.0. The largest absolute Gasteiger partial charge is 0.399 e. The molecule has 0 unspecified atom stereocenters. The van der Waals surface area contributed by atoms with E-state index in [-0.39, 0.29) is 0 Å². The van der Waals surface area contributed by atoms with Crippen molar-refractivity contribution in [1.29, 1.82) is 0 Å². The van der Waals surface area contributed by atoms with Crippen molar-refractivity contribution in [3.05, 3.63) is 47.7 Å². The molecule has 2 N–H and O–H groups in total. The number of nitrogens with two attached hydrogens (primary N) is 1. The minimum absolute atomic E-state index is 0.707. The van der Waals surface area contributed by atoms with Crippen LogP contribution in [-0.4, -0.2) is 6.72 Å². The van der Waals surface area contributed by atoms with Gasteiger partial charge in [-0.2, -0.15) is 0 Å². The van der Waals surface area contributed by atoms with Crippen molar-refractivity contribution in [2.24, 2.45) is 10.9 Å². The van der Waals surface area contributed by atoms with Gasteiger partial charge in [-0.05, 0) is 61.2 Å². The Morgan fingerprint density at radius 2 is 2.05 bits per heavy atom. The highest BCUT2D eigenvalue weighted by Gasteiger charge is 2.10. The number of hydrogen-bond acceptors (Lipinski definition) is 2. The number of nitrogens with zero attached hydrogens (tertiary/aromatic N) is 1. The van der Waals surface area contributed by atoms with E-state index in [0.717, 1.165) is 16.8 Å². The van der Waals surface area contributed by atoms with Crippen LogP contribution in [-0.2, 0) is 0 Å². The Morgan fingerprint density at radius 1 is 1.30 bits per heavy atom.